The highest BCUT2D eigenvalue weighted by molar-refractivity contribution is 6.32. The molecule has 2 aromatic carbocycles. The zero-order chi connectivity index (χ0) is 13.7. The molecule has 0 heterocycles. The lowest BCUT2D eigenvalue weighted by molar-refractivity contribution is 0.104. The van der Waals surface area contributed by atoms with Crippen molar-refractivity contribution >= 4 is 17.9 Å². The summed E-state index contributed by atoms with van der Waals surface area (Å²) in [6.07, 6.45) is -0.0900. The van der Waals surface area contributed by atoms with Crippen molar-refractivity contribution in [1.29, 1.82) is 0 Å². The van der Waals surface area contributed by atoms with Gasteiger partial charge in [0.1, 0.15) is 18.5 Å². The maximum absolute atomic E-state index is 10.9. The van der Waals surface area contributed by atoms with Crippen LogP contribution in [0.1, 0.15) is 22.0 Å². The first-order valence-electron chi connectivity index (χ1n) is 5.82. The molecule has 19 heavy (non-hydrogen) atoms. The van der Waals surface area contributed by atoms with E-state index in [0.717, 1.165) is 5.56 Å². The molecule has 0 spiro atoms. The highest BCUT2D eigenvalue weighted by Gasteiger charge is 2.12. The summed E-state index contributed by atoms with van der Waals surface area (Å²) in [4.78, 5) is 10.9. The van der Waals surface area contributed by atoms with Crippen LogP contribution in [0.25, 0.3) is 0 Å². The molecule has 0 aliphatic carbocycles. The third-order valence-corrected chi connectivity index (χ3v) is 2.99. The smallest absolute Gasteiger partial charge is 0.153 e. The number of hydrogen-bond acceptors (Lipinski definition) is 3. The second-order valence-corrected chi connectivity index (χ2v) is 4.42. The molecule has 0 saturated carbocycles. The van der Waals surface area contributed by atoms with Gasteiger partial charge in [-0.3, -0.25) is 4.79 Å². The van der Waals surface area contributed by atoms with Crippen molar-refractivity contribution in [2.45, 2.75) is 6.10 Å². The van der Waals surface area contributed by atoms with Crippen molar-refractivity contribution < 1.29 is 14.6 Å². The first-order chi connectivity index (χ1) is 9.22. The number of halogens is 1. The summed E-state index contributed by atoms with van der Waals surface area (Å²) < 4.78 is 5.46. The van der Waals surface area contributed by atoms with Gasteiger partial charge in [-0.05, 0) is 17.7 Å². The minimum Gasteiger partial charge on any atom is -0.488 e. The van der Waals surface area contributed by atoms with Crippen LogP contribution in [-0.4, -0.2) is 18.0 Å². The average Bonchev–Trinajstić information content (AvgIpc) is 2.46. The largest absolute Gasteiger partial charge is 0.488 e. The monoisotopic (exact) mass is 276 g/mol. The second kappa shape index (κ2) is 6.36. The number of ether oxygens (including phenoxy) is 1. The summed E-state index contributed by atoms with van der Waals surface area (Å²) in [6.45, 7) is 0.0363. The predicted octanol–water partition coefficient (Wildman–Crippen LogP) is 3.26. The highest BCUT2D eigenvalue weighted by atomic mass is 35.5. The lowest BCUT2D eigenvalue weighted by atomic mass is 10.1. The van der Waals surface area contributed by atoms with Crippen molar-refractivity contribution in [2.75, 3.05) is 6.61 Å². The molecule has 1 N–H and O–H groups in total. The van der Waals surface area contributed by atoms with E-state index in [1.807, 2.05) is 18.2 Å². The Kier molecular flexibility index (Phi) is 4.55. The molecule has 0 amide bonds. The standard InChI is InChI=1S/C15H13ClO3/c16-13-8-4-7-12(9-17)15(13)19-10-14(18)11-5-2-1-3-6-11/h1-9,14,18H,10H2. The zero-order valence-corrected chi connectivity index (χ0v) is 10.9. The normalized spacial score (nSPS) is 11.9. The molecule has 3 nitrogen and oxygen atoms in total. The van der Waals surface area contributed by atoms with Gasteiger partial charge in [0.2, 0.25) is 0 Å². The van der Waals surface area contributed by atoms with Crippen LogP contribution in [0.3, 0.4) is 0 Å². The Balaban J connectivity index is 2.09. The molecule has 0 bridgehead atoms. The van der Waals surface area contributed by atoms with Crippen LogP contribution >= 0.6 is 11.6 Å². The van der Waals surface area contributed by atoms with E-state index in [9.17, 15) is 9.90 Å². The Hall–Kier alpha value is -1.84. The summed E-state index contributed by atoms with van der Waals surface area (Å²) in [5, 5.41) is 10.3. The first-order valence-corrected chi connectivity index (χ1v) is 6.19. The Labute approximate surface area is 116 Å². The van der Waals surface area contributed by atoms with Gasteiger partial charge in [-0.25, -0.2) is 0 Å². The first kappa shape index (κ1) is 13.6. The fourth-order valence-electron chi connectivity index (χ4n) is 1.70. The summed E-state index contributed by atoms with van der Waals surface area (Å²) in [5.41, 5.74) is 1.12. The molecule has 98 valence electrons. The van der Waals surface area contributed by atoms with Gasteiger partial charge in [-0.2, -0.15) is 0 Å². The molecule has 1 unspecified atom stereocenters. The van der Waals surface area contributed by atoms with Crippen molar-refractivity contribution in [3.05, 3.63) is 64.7 Å². The average molecular weight is 277 g/mol. The lowest BCUT2D eigenvalue weighted by Gasteiger charge is -2.14. The second-order valence-electron chi connectivity index (χ2n) is 4.01. The van der Waals surface area contributed by atoms with Crippen molar-refractivity contribution in [2.24, 2.45) is 0 Å². The molecule has 0 fully saturated rings. The maximum Gasteiger partial charge on any atom is 0.153 e. The minimum absolute atomic E-state index is 0.0363. The fraction of sp³-hybridized carbons (Fsp3) is 0.133. The molecule has 2 rings (SSSR count). The number of aliphatic hydroxyl groups excluding tert-OH is 1. The van der Waals surface area contributed by atoms with E-state index < -0.39 is 6.10 Å². The van der Waals surface area contributed by atoms with Gasteiger partial charge in [0.05, 0.1) is 10.6 Å². The Morgan fingerprint density at radius 1 is 1.16 bits per heavy atom. The molecule has 0 aliphatic rings. The van der Waals surface area contributed by atoms with Crippen LogP contribution < -0.4 is 4.74 Å². The number of aliphatic hydroxyl groups is 1. The molecule has 0 saturated heterocycles. The van der Waals surface area contributed by atoms with Gasteiger partial charge >= 0.3 is 0 Å². The van der Waals surface area contributed by atoms with Crippen molar-refractivity contribution in [1.82, 2.24) is 0 Å². The maximum atomic E-state index is 10.9. The third kappa shape index (κ3) is 3.34. The Morgan fingerprint density at radius 2 is 1.89 bits per heavy atom. The van der Waals surface area contributed by atoms with Crippen LogP contribution in [-0.2, 0) is 0 Å². The molecular weight excluding hydrogens is 264 g/mol. The molecule has 1 atom stereocenters. The molecule has 0 aromatic heterocycles. The third-order valence-electron chi connectivity index (χ3n) is 2.69. The Bertz CT molecular complexity index is 555. The number of rotatable bonds is 5. The van der Waals surface area contributed by atoms with Gasteiger partial charge < -0.3 is 9.84 Å². The number of para-hydroxylation sites is 1. The zero-order valence-electron chi connectivity index (χ0n) is 10.1. The van der Waals surface area contributed by atoms with Gasteiger partial charge in [0.25, 0.3) is 0 Å². The van der Waals surface area contributed by atoms with Crippen LogP contribution in [0, 0.1) is 0 Å². The summed E-state index contributed by atoms with van der Waals surface area (Å²) >= 11 is 5.97. The van der Waals surface area contributed by atoms with Gasteiger partial charge in [0.15, 0.2) is 6.29 Å². The molecular formula is C15H13ClO3. The van der Waals surface area contributed by atoms with E-state index in [1.54, 1.807) is 30.3 Å². The highest BCUT2D eigenvalue weighted by Crippen LogP contribution is 2.28. The topological polar surface area (TPSA) is 46.5 Å². The van der Waals surface area contributed by atoms with Crippen LogP contribution in [0.4, 0.5) is 0 Å². The number of carbonyl (C=O) groups is 1. The SMILES string of the molecule is O=Cc1cccc(Cl)c1OCC(O)c1ccccc1. The summed E-state index contributed by atoms with van der Waals surface area (Å²) in [7, 11) is 0. The quantitative estimate of drug-likeness (QED) is 0.853. The van der Waals surface area contributed by atoms with Gasteiger partial charge in [-0.15, -0.1) is 0 Å². The lowest BCUT2D eigenvalue weighted by Crippen LogP contribution is -2.10. The van der Waals surface area contributed by atoms with E-state index in [-0.39, 0.29) is 6.61 Å². The minimum atomic E-state index is -0.767. The van der Waals surface area contributed by atoms with Crippen LogP contribution in [0.15, 0.2) is 48.5 Å². The van der Waals surface area contributed by atoms with E-state index in [0.29, 0.717) is 22.6 Å². The molecule has 2 aromatic rings. The number of hydrogen-bond donors (Lipinski definition) is 1. The molecule has 0 aliphatic heterocycles. The fourth-order valence-corrected chi connectivity index (χ4v) is 1.94. The van der Waals surface area contributed by atoms with E-state index in [2.05, 4.69) is 0 Å². The van der Waals surface area contributed by atoms with E-state index in [1.165, 1.54) is 0 Å². The Morgan fingerprint density at radius 3 is 2.58 bits per heavy atom. The summed E-state index contributed by atoms with van der Waals surface area (Å²) in [5.74, 6) is 0.300. The predicted molar refractivity (Wildman–Crippen MR) is 73.7 cm³/mol. The van der Waals surface area contributed by atoms with Crippen LogP contribution in [0.2, 0.25) is 5.02 Å². The number of aldehydes is 1. The molecule has 4 heteroatoms. The van der Waals surface area contributed by atoms with Gasteiger partial charge in [0, 0.05) is 0 Å². The summed E-state index contributed by atoms with van der Waals surface area (Å²) in [6, 6.07) is 14.1. The van der Waals surface area contributed by atoms with Crippen molar-refractivity contribution in [3.63, 3.8) is 0 Å². The van der Waals surface area contributed by atoms with Gasteiger partial charge in [-0.1, -0.05) is 48.0 Å². The van der Waals surface area contributed by atoms with Crippen molar-refractivity contribution in [3.8, 4) is 5.75 Å². The van der Waals surface area contributed by atoms with E-state index in [4.69, 9.17) is 16.3 Å². The van der Waals surface area contributed by atoms with Crippen LogP contribution in [0.5, 0.6) is 5.75 Å². The molecule has 0 radical (unpaired) electrons. The van der Waals surface area contributed by atoms with E-state index >= 15 is 0 Å². The number of benzene rings is 2. The number of carbonyl (C=O) groups excluding carboxylic acids is 1.